The molecule has 1 saturated carbocycles. The molecule has 0 aliphatic heterocycles. The van der Waals surface area contributed by atoms with Gasteiger partial charge in [-0.25, -0.2) is 0 Å². The molecule has 0 N–H and O–H groups in total. The Morgan fingerprint density at radius 1 is 1.46 bits per heavy atom. The van der Waals surface area contributed by atoms with Crippen LogP contribution in [-0.2, 0) is 4.84 Å². The summed E-state index contributed by atoms with van der Waals surface area (Å²) in [5.74, 6) is 0.855. The van der Waals surface area contributed by atoms with E-state index in [9.17, 15) is 0 Å². The second-order valence-corrected chi connectivity index (χ2v) is 3.95. The van der Waals surface area contributed by atoms with Crippen LogP contribution >= 0.6 is 0 Å². The molecule has 0 spiro atoms. The van der Waals surface area contributed by atoms with Crippen molar-refractivity contribution in [3.05, 3.63) is 0 Å². The van der Waals surface area contributed by atoms with E-state index in [0.29, 0.717) is 5.92 Å². The van der Waals surface area contributed by atoms with Crippen molar-refractivity contribution >= 4 is 0 Å². The van der Waals surface area contributed by atoms with E-state index in [0.717, 1.165) is 12.8 Å². The van der Waals surface area contributed by atoms with Crippen molar-refractivity contribution in [1.29, 1.82) is 5.26 Å². The lowest BCUT2D eigenvalue weighted by molar-refractivity contribution is -0.158. The van der Waals surface area contributed by atoms with E-state index in [4.69, 9.17) is 10.1 Å². The van der Waals surface area contributed by atoms with E-state index >= 15 is 0 Å². The van der Waals surface area contributed by atoms with Crippen LogP contribution in [0.3, 0.4) is 0 Å². The van der Waals surface area contributed by atoms with Crippen LogP contribution in [0.25, 0.3) is 0 Å². The first kappa shape index (κ1) is 10.5. The van der Waals surface area contributed by atoms with Gasteiger partial charge in [0.05, 0.1) is 25.1 Å². The van der Waals surface area contributed by atoms with Crippen molar-refractivity contribution in [1.82, 2.24) is 5.06 Å². The van der Waals surface area contributed by atoms with Gasteiger partial charge in [0.25, 0.3) is 0 Å². The van der Waals surface area contributed by atoms with E-state index in [2.05, 4.69) is 13.0 Å². The molecule has 13 heavy (non-hydrogen) atoms. The number of hydrogen-bond donors (Lipinski definition) is 0. The summed E-state index contributed by atoms with van der Waals surface area (Å²) in [5.41, 5.74) is 0. The van der Waals surface area contributed by atoms with Gasteiger partial charge >= 0.3 is 0 Å². The Bertz CT molecular complexity index is 200. The number of nitriles is 1. The first-order chi connectivity index (χ1) is 6.19. The quantitative estimate of drug-likeness (QED) is 0.611. The summed E-state index contributed by atoms with van der Waals surface area (Å²) in [6, 6.07) is 2.64. The summed E-state index contributed by atoms with van der Waals surface area (Å²) in [6.45, 7) is 2.24. The second kappa shape index (κ2) is 4.59. The molecular formula is C10H18N2O. The summed E-state index contributed by atoms with van der Waals surface area (Å²) in [6.07, 6.45) is 3.25. The van der Waals surface area contributed by atoms with E-state index in [1.165, 1.54) is 6.42 Å². The van der Waals surface area contributed by atoms with Crippen LogP contribution in [0, 0.1) is 23.2 Å². The fraction of sp³-hybridized carbons (Fsp3) is 0.900. The Labute approximate surface area is 80.2 Å². The minimum Gasteiger partial charge on any atom is -0.302 e. The molecule has 0 saturated heterocycles. The molecule has 0 heterocycles. The van der Waals surface area contributed by atoms with Gasteiger partial charge in [-0.3, -0.25) is 0 Å². The summed E-state index contributed by atoms with van der Waals surface area (Å²) in [5, 5.41) is 10.8. The lowest BCUT2D eigenvalue weighted by Crippen LogP contribution is -2.40. The van der Waals surface area contributed by atoms with Crippen LogP contribution < -0.4 is 0 Å². The molecule has 0 aromatic heterocycles. The summed E-state index contributed by atoms with van der Waals surface area (Å²) < 4.78 is 0. The van der Waals surface area contributed by atoms with E-state index in [1.807, 2.05) is 12.1 Å². The molecule has 0 bridgehead atoms. The van der Waals surface area contributed by atoms with Crippen molar-refractivity contribution < 1.29 is 4.84 Å². The third kappa shape index (κ3) is 2.43. The van der Waals surface area contributed by atoms with Crippen LogP contribution in [0.4, 0.5) is 0 Å². The van der Waals surface area contributed by atoms with Crippen molar-refractivity contribution in [2.75, 3.05) is 14.2 Å². The molecule has 0 aromatic carbocycles. The molecular weight excluding hydrogens is 164 g/mol. The van der Waals surface area contributed by atoms with Gasteiger partial charge in [-0.05, 0) is 25.2 Å². The first-order valence-corrected chi connectivity index (χ1v) is 4.85. The van der Waals surface area contributed by atoms with Crippen LogP contribution in [0.5, 0.6) is 0 Å². The van der Waals surface area contributed by atoms with Crippen molar-refractivity contribution in [2.24, 2.45) is 11.8 Å². The highest BCUT2D eigenvalue weighted by molar-refractivity contribution is 4.95. The monoisotopic (exact) mass is 182 g/mol. The summed E-state index contributed by atoms with van der Waals surface area (Å²) in [7, 11) is 3.57. The Kier molecular flexibility index (Phi) is 3.71. The minimum atomic E-state index is 0.140. The van der Waals surface area contributed by atoms with Gasteiger partial charge in [-0.1, -0.05) is 6.92 Å². The van der Waals surface area contributed by atoms with E-state index in [1.54, 1.807) is 7.11 Å². The van der Waals surface area contributed by atoms with Gasteiger partial charge in [0, 0.05) is 7.05 Å². The van der Waals surface area contributed by atoms with Gasteiger partial charge in [0.15, 0.2) is 0 Å². The molecule has 3 atom stereocenters. The molecule has 3 nitrogen and oxygen atoms in total. The lowest BCUT2D eigenvalue weighted by Gasteiger charge is -2.35. The number of hydroxylamine groups is 2. The molecule has 74 valence electrons. The SMILES string of the molecule is CON(C)C1CC(C)CCC1C#N. The van der Waals surface area contributed by atoms with Crippen LogP contribution in [-0.4, -0.2) is 25.3 Å². The Morgan fingerprint density at radius 2 is 2.15 bits per heavy atom. The molecule has 3 unspecified atom stereocenters. The maximum absolute atomic E-state index is 8.96. The number of hydrogen-bond acceptors (Lipinski definition) is 3. The zero-order valence-electron chi connectivity index (χ0n) is 8.66. The predicted octanol–water partition coefficient (Wildman–Crippen LogP) is 1.81. The third-order valence-electron chi connectivity index (χ3n) is 3.00. The third-order valence-corrected chi connectivity index (χ3v) is 3.00. The molecule has 3 heteroatoms. The average molecular weight is 182 g/mol. The van der Waals surface area contributed by atoms with Crippen LogP contribution in [0.1, 0.15) is 26.2 Å². The molecule has 1 aliphatic rings. The topological polar surface area (TPSA) is 36.3 Å². The normalized spacial score (nSPS) is 34.5. The smallest absolute Gasteiger partial charge is 0.0673 e. The highest BCUT2D eigenvalue weighted by Crippen LogP contribution is 2.31. The lowest BCUT2D eigenvalue weighted by atomic mass is 9.80. The maximum Gasteiger partial charge on any atom is 0.0673 e. The highest BCUT2D eigenvalue weighted by Gasteiger charge is 2.31. The predicted molar refractivity (Wildman–Crippen MR) is 50.7 cm³/mol. The zero-order valence-corrected chi connectivity index (χ0v) is 8.66. The molecule has 0 amide bonds. The molecule has 1 rings (SSSR count). The molecule has 0 radical (unpaired) electrons. The largest absolute Gasteiger partial charge is 0.302 e. The highest BCUT2D eigenvalue weighted by atomic mass is 16.7. The standard InChI is InChI=1S/C10H18N2O/c1-8-4-5-9(7-11)10(6-8)12(2)13-3/h8-10H,4-6H2,1-3H3. The van der Waals surface area contributed by atoms with Gasteiger partial charge in [-0.15, -0.1) is 0 Å². The fourth-order valence-corrected chi connectivity index (χ4v) is 2.04. The van der Waals surface area contributed by atoms with E-state index in [-0.39, 0.29) is 12.0 Å². The molecule has 1 aliphatic carbocycles. The van der Waals surface area contributed by atoms with Gasteiger partial charge in [0.2, 0.25) is 0 Å². The molecule has 1 fully saturated rings. The van der Waals surface area contributed by atoms with Crippen molar-refractivity contribution in [2.45, 2.75) is 32.2 Å². The van der Waals surface area contributed by atoms with Gasteiger partial charge < -0.3 is 4.84 Å². The van der Waals surface area contributed by atoms with Crippen molar-refractivity contribution in [3.63, 3.8) is 0 Å². The van der Waals surface area contributed by atoms with Crippen molar-refractivity contribution in [3.8, 4) is 6.07 Å². The fourth-order valence-electron chi connectivity index (χ4n) is 2.04. The minimum absolute atomic E-state index is 0.140. The zero-order chi connectivity index (χ0) is 9.84. The summed E-state index contributed by atoms with van der Waals surface area (Å²) in [4.78, 5) is 5.15. The second-order valence-electron chi connectivity index (χ2n) is 3.95. The van der Waals surface area contributed by atoms with Crippen LogP contribution in [0.15, 0.2) is 0 Å². The Hall–Kier alpha value is -0.590. The number of nitrogens with zero attached hydrogens (tertiary/aromatic N) is 2. The Morgan fingerprint density at radius 3 is 2.69 bits per heavy atom. The van der Waals surface area contributed by atoms with Crippen LogP contribution in [0.2, 0.25) is 0 Å². The first-order valence-electron chi connectivity index (χ1n) is 4.85. The number of rotatable bonds is 2. The maximum atomic E-state index is 8.96. The van der Waals surface area contributed by atoms with Gasteiger partial charge in [-0.2, -0.15) is 10.3 Å². The average Bonchev–Trinajstić information content (AvgIpc) is 2.16. The van der Waals surface area contributed by atoms with Gasteiger partial charge in [0.1, 0.15) is 0 Å². The Balaban J connectivity index is 2.60. The molecule has 0 aromatic rings. The summed E-state index contributed by atoms with van der Waals surface area (Å²) >= 11 is 0. The van der Waals surface area contributed by atoms with E-state index < -0.39 is 0 Å².